The van der Waals surface area contributed by atoms with Gasteiger partial charge in [0, 0.05) is 30.6 Å². The molecule has 1 N–H and O–H groups in total. The summed E-state index contributed by atoms with van der Waals surface area (Å²) in [6.07, 6.45) is 3.72. The number of aromatic nitrogens is 1. The van der Waals surface area contributed by atoms with E-state index in [1.807, 2.05) is 0 Å². The Morgan fingerprint density at radius 1 is 1.37 bits per heavy atom. The summed E-state index contributed by atoms with van der Waals surface area (Å²) in [6, 6.07) is 6.76. The summed E-state index contributed by atoms with van der Waals surface area (Å²) < 4.78 is 2.46. The van der Waals surface area contributed by atoms with Crippen LogP contribution in [-0.2, 0) is 13.5 Å². The molecule has 1 aromatic carbocycles. The third-order valence-corrected chi connectivity index (χ3v) is 4.67. The van der Waals surface area contributed by atoms with Crippen LogP contribution < -0.4 is 5.32 Å². The maximum absolute atomic E-state index is 3.55. The van der Waals surface area contributed by atoms with E-state index < -0.39 is 0 Å². The van der Waals surface area contributed by atoms with Gasteiger partial charge < -0.3 is 9.88 Å². The van der Waals surface area contributed by atoms with Crippen molar-refractivity contribution in [2.75, 3.05) is 13.1 Å². The van der Waals surface area contributed by atoms with E-state index in [1.54, 1.807) is 5.69 Å². The smallest absolute Gasteiger partial charge is 0.0515 e. The lowest BCUT2D eigenvalue weighted by atomic mass is 9.93. The predicted octanol–water partition coefficient (Wildman–Crippen LogP) is 3.52. The number of fused-ring (bicyclic) bond motifs is 1. The van der Waals surface area contributed by atoms with Crippen LogP contribution in [0, 0.1) is 6.92 Å². The molecule has 3 rings (SSSR count). The normalized spacial score (nSPS) is 20.1. The first-order chi connectivity index (χ1) is 9.24. The van der Waals surface area contributed by atoms with Gasteiger partial charge in [0.1, 0.15) is 0 Å². The summed E-state index contributed by atoms with van der Waals surface area (Å²) in [5.74, 6) is 0.677. The van der Waals surface area contributed by atoms with Crippen LogP contribution in [0.5, 0.6) is 0 Å². The molecular formula is C17H24N2. The van der Waals surface area contributed by atoms with Crippen molar-refractivity contribution >= 4 is 10.9 Å². The van der Waals surface area contributed by atoms with Gasteiger partial charge in [0.05, 0.1) is 5.52 Å². The third-order valence-electron chi connectivity index (χ3n) is 4.67. The molecule has 1 aliphatic heterocycles. The minimum atomic E-state index is 0.677. The average molecular weight is 256 g/mol. The molecule has 1 fully saturated rings. The molecule has 102 valence electrons. The van der Waals surface area contributed by atoms with Gasteiger partial charge in [0.15, 0.2) is 0 Å². The van der Waals surface area contributed by atoms with Gasteiger partial charge >= 0.3 is 0 Å². The molecule has 1 aromatic heterocycles. The van der Waals surface area contributed by atoms with Gasteiger partial charge in [-0.2, -0.15) is 0 Å². The molecule has 0 bridgehead atoms. The Morgan fingerprint density at radius 3 is 2.89 bits per heavy atom. The van der Waals surface area contributed by atoms with Gasteiger partial charge in [-0.3, -0.25) is 0 Å². The molecule has 0 saturated carbocycles. The largest absolute Gasteiger partial charge is 0.347 e. The van der Waals surface area contributed by atoms with E-state index in [9.17, 15) is 0 Å². The number of para-hydroxylation sites is 1. The van der Waals surface area contributed by atoms with Gasteiger partial charge in [-0.25, -0.2) is 0 Å². The summed E-state index contributed by atoms with van der Waals surface area (Å²) in [5, 5.41) is 4.99. The van der Waals surface area contributed by atoms with Gasteiger partial charge in [-0.05, 0) is 43.9 Å². The molecule has 19 heavy (non-hydrogen) atoms. The number of rotatable bonds is 2. The lowest BCUT2D eigenvalue weighted by Gasteiger charge is -2.24. The minimum Gasteiger partial charge on any atom is -0.347 e. The maximum Gasteiger partial charge on any atom is 0.0515 e. The fourth-order valence-electron chi connectivity index (χ4n) is 3.75. The number of aryl methyl sites for hydroxylation is 3. The Morgan fingerprint density at radius 2 is 2.21 bits per heavy atom. The van der Waals surface area contributed by atoms with Crippen LogP contribution in [0.3, 0.4) is 0 Å². The SMILES string of the molecule is CCc1cccc2c(C)c(C3CCCNC3)n(C)c12. The molecule has 1 atom stereocenters. The second-order valence-electron chi connectivity index (χ2n) is 5.78. The first kappa shape index (κ1) is 12.7. The fourth-order valence-corrected chi connectivity index (χ4v) is 3.75. The first-order valence-electron chi connectivity index (χ1n) is 7.51. The fraction of sp³-hybridized carbons (Fsp3) is 0.529. The molecule has 2 heteroatoms. The molecule has 0 radical (unpaired) electrons. The van der Waals surface area contributed by atoms with E-state index in [0.29, 0.717) is 5.92 Å². The average Bonchev–Trinajstić information content (AvgIpc) is 2.72. The van der Waals surface area contributed by atoms with Crippen molar-refractivity contribution in [1.29, 1.82) is 0 Å². The zero-order valence-electron chi connectivity index (χ0n) is 12.3. The molecule has 1 aliphatic rings. The van der Waals surface area contributed by atoms with Crippen molar-refractivity contribution in [3.63, 3.8) is 0 Å². The molecule has 0 spiro atoms. The van der Waals surface area contributed by atoms with Crippen LogP contribution in [0.2, 0.25) is 0 Å². The molecule has 2 aromatic rings. The Hall–Kier alpha value is -1.28. The van der Waals surface area contributed by atoms with E-state index in [0.717, 1.165) is 13.0 Å². The van der Waals surface area contributed by atoms with E-state index in [1.165, 1.54) is 41.4 Å². The van der Waals surface area contributed by atoms with Crippen LogP contribution in [0.1, 0.15) is 42.5 Å². The molecule has 2 nitrogen and oxygen atoms in total. The highest BCUT2D eigenvalue weighted by molar-refractivity contribution is 5.88. The Labute approximate surface area is 115 Å². The van der Waals surface area contributed by atoms with Crippen LogP contribution >= 0.6 is 0 Å². The van der Waals surface area contributed by atoms with E-state index in [2.05, 4.69) is 49.0 Å². The quantitative estimate of drug-likeness (QED) is 0.870. The summed E-state index contributed by atoms with van der Waals surface area (Å²) in [5.41, 5.74) is 5.95. The number of nitrogens with one attached hydrogen (secondary N) is 1. The number of hydrogen-bond donors (Lipinski definition) is 1. The van der Waals surface area contributed by atoms with Gasteiger partial charge in [0.25, 0.3) is 0 Å². The topological polar surface area (TPSA) is 17.0 Å². The zero-order chi connectivity index (χ0) is 13.4. The molecule has 1 saturated heterocycles. The second-order valence-corrected chi connectivity index (χ2v) is 5.78. The highest BCUT2D eigenvalue weighted by atomic mass is 15.0. The summed E-state index contributed by atoms with van der Waals surface area (Å²) in [6.45, 7) is 6.86. The monoisotopic (exact) mass is 256 g/mol. The molecule has 0 amide bonds. The Kier molecular flexibility index (Phi) is 3.36. The van der Waals surface area contributed by atoms with Gasteiger partial charge in [-0.15, -0.1) is 0 Å². The first-order valence-corrected chi connectivity index (χ1v) is 7.51. The summed E-state index contributed by atoms with van der Waals surface area (Å²) >= 11 is 0. The van der Waals surface area contributed by atoms with Crippen LogP contribution in [0.4, 0.5) is 0 Å². The molecule has 2 heterocycles. The number of hydrogen-bond acceptors (Lipinski definition) is 1. The van der Waals surface area contributed by atoms with Crippen LogP contribution in [-0.4, -0.2) is 17.7 Å². The van der Waals surface area contributed by atoms with Crippen molar-refractivity contribution in [3.8, 4) is 0 Å². The summed E-state index contributed by atoms with van der Waals surface area (Å²) in [7, 11) is 2.25. The Balaban J connectivity index is 2.19. The van der Waals surface area contributed by atoms with Crippen molar-refractivity contribution in [2.24, 2.45) is 7.05 Å². The van der Waals surface area contributed by atoms with E-state index in [-0.39, 0.29) is 0 Å². The number of nitrogens with zero attached hydrogens (tertiary/aromatic N) is 1. The standard InChI is InChI=1S/C17H24N2/c1-4-13-7-5-9-15-12(2)16(19(3)17(13)15)14-8-6-10-18-11-14/h5,7,9,14,18H,4,6,8,10-11H2,1-3H3. The van der Waals surface area contributed by atoms with Gasteiger partial charge in [-0.1, -0.05) is 25.1 Å². The highest BCUT2D eigenvalue weighted by Gasteiger charge is 2.23. The second kappa shape index (κ2) is 5.01. The number of benzene rings is 1. The van der Waals surface area contributed by atoms with Crippen molar-refractivity contribution in [2.45, 2.75) is 39.0 Å². The van der Waals surface area contributed by atoms with E-state index in [4.69, 9.17) is 0 Å². The zero-order valence-corrected chi connectivity index (χ0v) is 12.3. The predicted molar refractivity (Wildman–Crippen MR) is 81.9 cm³/mol. The van der Waals surface area contributed by atoms with Crippen molar-refractivity contribution in [3.05, 3.63) is 35.0 Å². The minimum absolute atomic E-state index is 0.677. The number of piperidine rings is 1. The Bertz CT molecular complexity index is 589. The molecule has 0 aliphatic carbocycles. The lowest BCUT2D eigenvalue weighted by molar-refractivity contribution is 0.447. The van der Waals surface area contributed by atoms with Crippen LogP contribution in [0.15, 0.2) is 18.2 Å². The summed E-state index contributed by atoms with van der Waals surface area (Å²) in [4.78, 5) is 0. The molecular weight excluding hydrogens is 232 g/mol. The van der Waals surface area contributed by atoms with Crippen molar-refractivity contribution in [1.82, 2.24) is 9.88 Å². The third kappa shape index (κ3) is 1.99. The highest BCUT2D eigenvalue weighted by Crippen LogP contribution is 2.34. The van der Waals surface area contributed by atoms with Gasteiger partial charge in [0.2, 0.25) is 0 Å². The van der Waals surface area contributed by atoms with Crippen molar-refractivity contribution < 1.29 is 0 Å². The molecule has 1 unspecified atom stereocenters. The maximum atomic E-state index is 3.55. The van der Waals surface area contributed by atoms with E-state index >= 15 is 0 Å². The lowest BCUT2D eigenvalue weighted by Crippen LogP contribution is -2.29. The van der Waals surface area contributed by atoms with Crippen LogP contribution in [0.25, 0.3) is 10.9 Å².